The van der Waals surface area contributed by atoms with Gasteiger partial charge >= 0.3 is 0 Å². The number of aromatic nitrogens is 3. The summed E-state index contributed by atoms with van der Waals surface area (Å²) in [6, 6.07) is 13.7. The summed E-state index contributed by atoms with van der Waals surface area (Å²) in [4.78, 5) is 4.53. The lowest BCUT2D eigenvalue weighted by Crippen LogP contribution is -1.94. The minimum absolute atomic E-state index is 0.683. The number of nitrogen functional groups attached to an aromatic ring is 1. The number of hydrogen-bond acceptors (Lipinski definition) is 4. The number of aryl methyl sites for hydroxylation is 1. The molecule has 5 nitrogen and oxygen atoms in total. The highest BCUT2D eigenvalue weighted by Crippen LogP contribution is 2.33. The minimum Gasteiger partial charge on any atom is -0.398 e. The summed E-state index contributed by atoms with van der Waals surface area (Å²) in [5.41, 5.74) is 10.2. The monoisotopic (exact) mass is 290 g/mol. The fraction of sp³-hybridized carbons (Fsp3) is 0.0588. The lowest BCUT2D eigenvalue weighted by atomic mass is 10.1. The van der Waals surface area contributed by atoms with Gasteiger partial charge in [-0.2, -0.15) is 0 Å². The van der Waals surface area contributed by atoms with E-state index in [4.69, 9.17) is 10.3 Å². The van der Waals surface area contributed by atoms with Gasteiger partial charge in [-0.05, 0) is 19.1 Å². The lowest BCUT2D eigenvalue weighted by Gasteiger charge is -2.04. The second-order valence-corrected chi connectivity index (χ2v) is 5.17. The largest absolute Gasteiger partial charge is 0.398 e. The molecule has 5 heteroatoms. The Labute approximate surface area is 127 Å². The molecule has 0 amide bonds. The van der Waals surface area contributed by atoms with Gasteiger partial charge in [0.05, 0.1) is 17.3 Å². The van der Waals surface area contributed by atoms with Crippen LogP contribution >= 0.6 is 0 Å². The van der Waals surface area contributed by atoms with Gasteiger partial charge in [0.25, 0.3) is 0 Å². The molecule has 0 saturated heterocycles. The molecule has 0 fully saturated rings. The summed E-state index contributed by atoms with van der Waals surface area (Å²) >= 11 is 0. The van der Waals surface area contributed by atoms with Gasteiger partial charge in [-0.25, -0.2) is 4.98 Å². The Morgan fingerprint density at radius 1 is 1.09 bits per heavy atom. The highest BCUT2D eigenvalue weighted by atomic mass is 16.5. The normalized spacial score (nSPS) is 11.1. The van der Waals surface area contributed by atoms with E-state index in [9.17, 15) is 0 Å². The number of benzene rings is 1. The Kier molecular flexibility index (Phi) is 2.72. The molecule has 1 aromatic carbocycles. The lowest BCUT2D eigenvalue weighted by molar-refractivity contribution is 0.400. The predicted molar refractivity (Wildman–Crippen MR) is 85.3 cm³/mol. The second kappa shape index (κ2) is 4.73. The molecule has 22 heavy (non-hydrogen) atoms. The first-order valence-corrected chi connectivity index (χ1v) is 6.98. The molecule has 0 aliphatic heterocycles. The van der Waals surface area contributed by atoms with E-state index in [0.717, 1.165) is 33.9 Å². The van der Waals surface area contributed by atoms with Crippen LogP contribution in [0.2, 0.25) is 0 Å². The van der Waals surface area contributed by atoms with Crippen LogP contribution in [-0.4, -0.2) is 14.5 Å². The van der Waals surface area contributed by atoms with Crippen LogP contribution in [-0.2, 0) is 0 Å². The van der Waals surface area contributed by atoms with Crippen molar-refractivity contribution in [2.75, 3.05) is 5.73 Å². The van der Waals surface area contributed by atoms with Gasteiger partial charge in [0.1, 0.15) is 17.3 Å². The van der Waals surface area contributed by atoms with Crippen LogP contribution in [0.1, 0.15) is 5.76 Å². The van der Waals surface area contributed by atoms with Gasteiger partial charge in [0.2, 0.25) is 0 Å². The summed E-state index contributed by atoms with van der Waals surface area (Å²) < 4.78 is 7.38. The van der Waals surface area contributed by atoms with E-state index >= 15 is 0 Å². The number of hydrogen-bond donors (Lipinski definition) is 1. The standard InChI is InChI=1S/C17H14N4O/c1-11-15(16(20-22-11)12-5-3-2-4-6-12)17-19-9-14-8-7-13(18)10-21(14)17/h2-10H,18H2,1H3. The number of fused-ring (bicyclic) bond motifs is 1. The van der Waals surface area contributed by atoms with Crippen LogP contribution in [0.4, 0.5) is 5.69 Å². The summed E-state index contributed by atoms with van der Waals surface area (Å²) in [5, 5.41) is 4.21. The molecular formula is C17H14N4O. The molecule has 4 rings (SSSR count). The van der Waals surface area contributed by atoms with Crippen LogP contribution in [0.15, 0.2) is 59.4 Å². The third kappa shape index (κ3) is 1.87. The molecule has 0 spiro atoms. The van der Waals surface area contributed by atoms with Crippen molar-refractivity contribution in [2.24, 2.45) is 0 Å². The predicted octanol–water partition coefficient (Wildman–Crippen LogP) is 3.55. The molecule has 3 aromatic heterocycles. The third-order valence-electron chi connectivity index (χ3n) is 3.68. The van der Waals surface area contributed by atoms with E-state index in [1.54, 1.807) is 0 Å². The first-order chi connectivity index (χ1) is 10.7. The zero-order chi connectivity index (χ0) is 15.1. The molecule has 2 N–H and O–H groups in total. The maximum Gasteiger partial charge on any atom is 0.150 e. The Morgan fingerprint density at radius 2 is 1.91 bits per heavy atom. The van der Waals surface area contributed by atoms with Gasteiger partial charge in [-0.3, -0.25) is 4.40 Å². The van der Waals surface area contributed by atoms with Gasteiger partial charge in [0, 0.05) is 17.4 Å². The van der Waals surface area contributed by atoms with Crippen LogP contribution in [0.25, 0.3) is 28.2 Å². The average molecular weight is 290 g/mol. The summed E-state index contributed by atoms with van der Waals surface area (Å²) in [7, 11) is 0. The van der Waals surface area contributed by atoms with E-state index in [1.165, 1.54) is 0 Å². The number of imidazole rings is 1. The second-order valence-electron chi connectivity index (χ2n) is 5.17. The number of nitrogens with two attached hydrogens (primary N) is 1. The maximum absolute atomic E-state index is 5.90. The third-order valence-corrected chi connectivity index (χ3v) is 3.68. The minimum atomic E-state index is 0.683. The van der Waals surface area contributed by atoms with Gasteiger partial charge in [-0.1, -0.05) is 35.5 Å². The molecule has 0 unspecified atom stereocenters. The van der Waals surface area contributed by atoms with Crippen molar-refractivity contribution in [3.05, 3.63) is 60.6 Å². The zero-order valence-corrected chi connectivity index (χ0v) is 12.0. The zero-order valence-electron chi connectivity index (χ0n) is 12.0. The quantitative estimate of drug-likeness (QED) is 0.613. The molecule has 0 aliphatic rings. The average Bonchev–Trinajstić information content (AvgIpc) is 3.11. The molecular weight excluding hydrogens is 276 g/mol. The Balaban J connectivity index is 1.99. The highest BCUT2D eigenvalue weighted by Gasteiger charge is 2.20. The molecule has 0 bridgehead atoms. The Bertz CT molecular complexity index is 953. The molecule has 3 heterocycles. The van der Waals surface area contributed by atoms with Crippen molar-refractivity contribution in [1.82, 2.24) is 14.5 Å². The van der Waals surface area contributed by atoms with Crippen LogP contribution in [0, 0.1) is 6.92 Å². The van der Waals surface area contributed by atoms with Crippen LogP contribution < -0.4 is 5.73 Å². The van der Waals surface area contributed by atoms with Crippen molar-refractivity contribution in [2.45, 2.75) is 6.92 Å². The molecule has 0 aliphatic carbocycles. The highest BCUT2D eigenvalue weighted by molar-refractivity contribution is 5.80. The Morgan fingerprint density at radius 3 is 2.73 bits per heavy atom. The summed E-state index contributed by atoms with van der Waals surface area (Å²) in [6.45, 7) is 1.89. The Hall–Kier alpha value is -3.08. The maximum atomic E-state index is 5.90. The fourth-order valence-electron chi connectivity index (χ4n) is 2.62. The van der Waals surface area contributed by atoms with Crippen molar-refractivity contribution >= 4 is 11.2 Å². The van der Waals surface area contributed by atoms with E-state index in [1.807, 2.05) is 66.2 Å². The van der Waals surface area contributed by atoms with E-state index in [2.05, 4.69) is 10.1 Å². The van der Waals surface area contributed by atoms with E-state index in [0.29, 0.717) is 5.69 Å². The van der Waals surface area contributed by atoms with Crippen molar-refractivity contribution < 1.29 is 4.52 Å². The van der Waals surface area contributed by atoms with Gasteiger partial charge in [0.15, 0.2) is 0 Å². The van der Waals surface area contributed by atoms with E-state index < -0.39 is 0 Å². The van der Waals surface area contributed by atoms with Crippen LogP contribution in [0.5, 0.6) is 0 Å². The summed E-state index contributed by atoms with van der Waals surface area (Å²) in [5.74, 6) is 1.51. The molecule has 0 saturated carbocycles. The fourth-order valence-corrected chi connectivity index (χ4v) is 2.62. The first-order valence-electron chi connectivity index (χ1n) is 6.98. The van der Waals surface area contributed by atoms with Gasteiger partial charge in [-0.15, -0.1) is 0 Å². The molecule has 0 atom stereocenters. The van der Waals surface area contributed by atoms with Crippen molar-refractivity contribution in [3.8, 4) is 22.6 Å². The number of anilines is 1. The number of pyridine rings is 1. The number of rotatable bonds is 2. The summed E-state index contributed by atoms with van der Waals surface area (Å²) in [6.07, 6.45) is 3.68. The molecule has 0 radical (unpaired) electrons. The van der Waals surface area contributed by atoms with Gasteiger partial charge < -0.3 is 10.3 Å². The number of nitrogens with zero attached hydrogens (tertiary/aromatic N) is 3. The molecule has 4 aromatic rings. The van der Waals surface area contributed by atoms with Crippen LogP contribution in [0.3, 0.4) is 0 Å². The smallest absolute Gasteiger partial charge is 0.150 e. The van der Waals surface area contributed by atoms with Crippen molar-refractivity contribution in [3.63, 3.8) is 0 Å². The topological polar surface area (TPSA) is 69.3 Å². The first kappa shape index (κ1) is 12.6. The SMILES string of the molecule is Cc1onc(-c2ccccc2)c1-c1ncc2ccc(N)cn12. The molecule has 108 valence electrons. The van der Waals surface area contributed by atoms with E-state index in [-0.39, 0.29) is 0 Å². The van der Waals surface area contributed by atoms with Crippen molar-refractivity contribution in [1.29, 1.82) is 0 Å².